The smallest absolute Gasteiger partial charge is 0.289 e. The number of carbonyl (C=O) groups is 1. The zero-order valence-electron chi connectivity index (χ0n) is 7.69. The fraction of sp³-hybridized carbons (Fsp3) is 0.500. The first kappa shape index (κ1) is 8.35. The minimum Gasteiger partial charge on any atom is -0.459 e. The summed E-state index contributed by atoms with van der Waals surface area (Å²) in [5.74, 6) is 1.10. The summed E-state index contributed by atoms with van der Waals surface area (Å²) in [6.07, 6.45) is 2.64. The minimum absolute atomic E-state index is 0.0225. The molecule has 1 aromatic heterocycles. The van der Waals surface area contributed by atoms with Crippen molar-refractivity contribution in [2.45, 2.75) is 13.3 Å². The Morgan fingerprint density at radius 2 is 2.54 bits per heavy atom. The molecule has 1 fully saturated rings. The Balaban J connectivity index is 2.06. The van der Waals surface area contributed by atoms with Gasteiger partial charge in [0, 0.05) is 13.1 Å². The summed E-state index contributed by atoms with van der Waals surface area (Å²) in [6.45, 7) is 3.88. The Labute approximate surface area is 77.3 Å². The van der Waals surface area contributed by atoms with Crippen molar-refractivity contribution in [1.82, 2.24) is 4.90 Å². The predicted molar refractivity (Wildman–Crippen MR) is 48.4 cm³/mol. The van der Waals surface area contributed by atoms with Crippen molar-refractivity contribution in [1.29, 1.82) is 0 Å². The van der Waals surface area contributed by atoms with Crippen LogP contribution in [0.15, 0.2) is 22.8 Å². The van der Waals surface area contributed by atoms with Gasteiger partial charge in [-0.2, -0.15) is 0 Å². The van der Waals surface area contributed by atoms with Gasteiger partial charge in [0.15, 0.2) is 5.76 Å². The van der Waals surface area contributed by atoms with E-state index in [2.05, 4.69) is 6.92 Å². The molecule has 1 unspecified atom stereocenters. The van der Waals surface area contributed by atoms with Gasteiger partial charge in [-0.25, -0.2) is 0 Å². The maximum atomic E-state index is 11.7. The van der Waals surface area contributed by atoms with Crippen LogP contribution in [0.4, 0.5) is 0 Å². The zero-order chi connectivity index (χ0) is 9.26. The van der Waals surface area contributed by atoms with Crippen LogP contribution < -0.4 is 0 Å². The number of amides is 1. The minimum atomic E-state index is 0.0225. The summed E-state index contributed by atoms with van der Waals surface area (Å²) < 4.78 is 5.05. The first-order valence-electron chi connectivity index (χ1n) is 4.60. The van der Waals surface area contributed by atoms with Crippen LogP contribution in [0.2, 0.25) is 0 Å². The number of furan rings is 1. The highest BCUT2D eigenvalue weighted by Gasteiger charge is 2.25. The molecular weight excluding hydrogens is 166 g/mol. The van der Waals surface area contributed by atoms with Crippen LogP contribution in [-0.2, 0) is 0 Å². The molecule has 1 saturated heterocycles. The number of nitrogens with zero attached hydrogens (tertiary/aromatic N) is 1. The lowest BCUT2D eigenvalue weighted by Gasteiger charge is -2.13. The summed E-state index contributed by atoms with van der Waals surface area (Å²) >= 11 is 0. The highest BCUT2D eigenvalue weighted by atomic mass is 16.3. The molecule has 3 heteroatoms. The molecule has 13 heavy (non-hydrogen) atoms. The van der Waals surface area contributed by atoms with E-state index in [1.807, 2.05) is 4.90 Å². The van der Waals surface area contributed by atoms with Crippen molar-refractivity contribution in [3.63, 3.8) is 0 Å². The molecule has 1 atom stereocenters. The first-order chi connectivity index (χ1) is 6.27. The molecule has 0 spiro atoms. The Morgan fingerprint density at radius 1 is 1.69 bits per heavy atom. The molecule has 0 N–H and O–H groups in total. The lowest BCUT2D eigenvalue weighted by Crippen LogP contribution is -2.27. The summed E-state index contributed by atoms with van der Waals surface area (Å²) in [6, 6.07) is 3.46. The molecule has 0 aromatic carbocycles. The Kier molecular flexibility index (Phi) is 2.08. The maximum Gasteiger partial charge on any atom is 0.289 e. The molecule has 0 bridgehead atoms. The van der Waals surface area contributed by atoms with Gasteiger partial charge in [-0.3, -0.25) is 4.79 Å². The average molecular weight is 179 g/mol. The maximum absolute atomic E-state index is 11.7. The van der Waals surface area contributed by atoms with E-state index < -0.39 is 0 Å². The molecular formula is C10H13NO2. The second-order valence-corrected chi connectivity index (χ2v) is 3.62. The summed E-state index contributed by atoms with van der Waals surface area (Å²) in [4.78, 5) is 13.5. The van der Waals surface area contributed by atoms with Gasteiger partial charge in [0.25, 0.3) is 5.91 Å². The fourth-order valence-corrected chi connectivity index (χ4v) is 1.68. The van der Waals surface area contributed by atoms with E-state index in [-0.39, 0.29) is 5.91 Å². The Hall–Kier alpha value is -1.25. The predicted octanol–water partition coefficient (Wildman–Crippen LogP) is 1.76. The van der Waals surface area contributed by atoms with Gasteiger partial charge < -0.3 is 9.32 Å². The Bertz CT molecular complexity index is 292. The molecule has 1 aliphatic heterocycles. The number of carbonyl (C=O) groups excluding carboxylic acids is 1. The third-order valence-electron chi connectivity index (χ3n) is 2.44. The molecule has 70 valence electrons. The molecule has 1 aromatic rings. The SMILES string of the molecule is CC1CCN(C(=O)c2ccco2)C1. The van der Waals surface area contributed by atoms with E-state index in [1.165, 1.54) is 6.26 Å². The zero-order valence-corrected chi connectivity index (χ0v) is 7.69. The summed E-state index contributed by atoms with van der Waals surface area (Å²) in [5.41, 5.74) is 0. The largest absolute Gasteiger partial charge is 0.459 e. The highest BCUT2D eigenvalue weighted by Crippen LogP contribution is 2.17. The van der Waals surface area contributed by atoms with Gasteiger partial charge >= 0.3 is 0 Å². The van der Waals surface area contributed by atoms with Crippen molar-refractivity contribution < 1.29 is 9.21 Å². The molecule has 1 aliphatic rings. The summed E-state index contributed by atoms with van der Waals surface area (Å²) in [7, 11) is 0. The average Bonchev–Trinajstić information content (AvgIpc) is 2.72. The van der Waals surface area contributed by atoms with Crippen molar-refractivity contribution in [3.05, 3.63) is 24.2 Å². The lowest BCUT2D eigenvalue weighted by atomic mass is 10.2. The number of rotatable bonds is 1. The van der Waals surface area contributed by atoms with E-state index in [4.69, 9.17) is 4.42 Å². The van der Waals surface area contributed by atoms with Gasteiger partial charge in [0.05, 0.1) is 6.26 Å². The lowest BCUT2D eigenvalue weighted by molar-refractivity contribution is 0.0756. The number of likely N-dealkylation sites (tertiary alicyclic amines) is 1. The monoisotopic (exact) mass is 179 g/mol. The van der Waals surface area contributed by atoms with Crippen molar-refractivity contribution in [2.75, 3.05) is 13.1 Å². The van der Waals surface area contributed by atoms with Gasteiger partial charge in [0.2, 0.25) is 0 Å². The normalized spacial score (nSPS) is 22.2. The van der Waals surface area contributed by atoms with Crippen molar-refractivity contribution in [2.24, 2.45) is 5.92 Å². The van der Waals surface area contributed by atoms with Gasteiger partial charge in [-0.15, -0.1) is 0 Å². The van der Waals surface area contributed by atoms with Gasteiger partial charge in [-0.05, 0) is 24.5 Å². The number of hydrogen-bond acceptors (Lipinski definition) is 2. The van der Waals surface area contributed by atoms with Crippen LogP contribution in [0, 0.1) is 5.92 Å². The second-order valence-electron chi connectivity index (χ2n) is 3.62. The number of hydrogen-bond donors (Lipinski definition) is 0. The van der Waals surface area contributed by atoms with Crippen LogP contribution in [0.5, 0.6) is 0 Å². The highest BCUT2D eigenvalue weighted by molar-refractivity contribution is 5.91. The molecule has 0 saturated carbocycles. The van der Waals surface area contributed by atoms with E-state index >= 15 is 0 Å². The van der Waals surface area contributed by atoms with Gasteiger partial charge in [-0.1, -0.05) is 6.92 Å². The van der Waals surface area contributed by atoms with Crippen LogP contribution in [0.25, 0.3) is 0 Å². The van der Waals surface area contributed by atoms with Crippen molar-refractivity contribution >= 4 is 5.91 Å². The molecule has 0 radical (unpaired) electrons. The molecule has 1 amide bonds. The van der Waals surface area contributed by atoms with Crippen molar-refractivity contribution in [3.8, 4) is 0 Å². The first-order valence-corrected chi connectivity index (χ1v) is 4.60. The standard InChI is InChI=1S/C10H13NO2/c1-8-4-5-11(7-8)10(12)9-3-2-6-13-9/h2-3,6,8H,4-5,7H2,1H3. The molecule has 0 aliphatic carbocycles. The van der Waals surface area contributed by atoms with Crippen LogP contribution >= 0.6 is 0 Å². The molecule has 2 heterocycles. The summed E-state index contributed by atoms with van der Waals surface area (Å²) in [5, 5.41) is 0. The van der Waals surface area contributed by atoms with E-state index in [1.54, 1.807) is 12.1 Å². The fourth-order valence-electron chi connectivity index (χ4n) is 1.68. The topological polar surface area (TPSA) is 33.5 Å². The third kappa shape index (κ3) is 1.59. The van der Waals surface area contributed by atoms with Crippen LogP contribution in [0.3, 0.4) is 0 Å². The molecule has 2 rings (SSSR count). The quantitative estimate of drug-likeness (QED) is 0.658. The third-order valence-corrected chi connectivity index (χ3v) is 2.44. The van der Waals surface area contributed by atoms with E-state index in [0.29, 0.717) is 11.7 Å². The van der Waals surface area contributed by atoms with E-state index in [0.717, 1.165) is 19.5 Å². The molecule has 3 nitrogen and oxygen atoms in total. The Morgan fingerprint density at radius 3 is 3.08 bits per heavy atom. The second kappa shape index (κ2) is 3.24. The van der Waals surface area contributed by atoms with Crippen LogP contribution in [-0.4, -0.2) is 23.9 Å². The van der Waals surface area contributed by atoms with Gasteiger partial charge in [0.1, 0.15) is 0 Å². The van der Waals surface area contributed by atoms with E-state index in [9.17, 15) is 4.79 Å². The van der Waals surface area contributed by atoms with Crippen LogP contribution in [0.1, 0.15) is 23.9 Å².